The van der Waals surface area contributed by atoms with Crippen LogP contribution in [0.25, 0.3) is 0 Å². The molecule has 3 heteroatoms. The topological polar surface area (TPSA) is 38.7 Å². The van der Waals surface area contributed by atoms with Crippen LogP contribution in [-0.4, -0.2) is 30.7 Å². The second-order valence-corrected chi connectivity index (χ2v) is 5.38. The third-order valence-corrected chi connectivity index (χ3v) is 3.14. The quantitative estimate of drug-likeness (QED) is 0.379. The molecule has 0 fully saturated rings. The van der Waals surface area contributed by atoms with Crippen molar-refractivity contribution in [2.45, 2.75) is 91.0 Å². The Kier molecular flexibility index (Phi) is 14.2. The maximum Gasteiger partial charge on any atom is 0.160 e. The molecule has 3 nitrogen and oxygen atoms in total. The largest absolute Gasteiger partial charge is 0.393 e. The highest BCUT2D eigenvalue weighted by Gasteiger charge is 2.12. The highest BCUT2D eigenvalue weighted by molar-refractivity contribution is 4.53. The van der Waals surface area contributed by atoms with Gasteiger partial charge in [-0.1, -0.05) is 52.4 Å². The second-order valence-electron chi connectivity index (χ2n) is 5.38. The molecule has 0 aliphatic heterocycles. The average molecular weight is 274 g/mol. The van der Waals surface area contributed by atoms with E-state index < -0.39 is 0 Å². The van der Waals surface area contributed by atoms with E-state index in [1.54, 1.807) is 6.92 Å². The van der Waals surface area contributed by atoms with Gasteiger partial charge in [0.05, 0.1) is 6.10 Å². The molecule has 0 heterocycles. The molecule has 1 N–H and O–H groups in total. The molecule has 0 amide bonds. The predicted octanol–water partition coefficient (Wildman–Crippen LogP) is 4.28. The second kappa shape index (κ2) is 14.3. The standard InChI is InChI=1S/C16H34O3/c1-4-6-8-10-12-18-16(14-15(3)17)19-13-11-9-7-5-2/h15-17H,4-14H2,1-3H3. The predicted molar refractivity (Wildman–Crippen MR) is 80.3 cm³/mol. The summed E-state index contributed by atoms with van der Waals surface area (Å²) in [7, 11) is 0. The van der Waals surface area contributed by atoms with Gasteiger partial charge in [-0.2, -0.15) is 0 Å². The summed E-state index contributed by atoms with van der Waals surface area (Å²) >= 11 is 0. The number of aliphatic hydroxyl groups excluding tert-OH is 1. The zero-order valence-electron chi connectivity index (χ0n) is 13.2. The van der Waals surface area contributed by atoms with Crippen molar-refractivity contribution in [2.75, 3.05) is 13.2 Å². The Morgan fingerprint density at radius 1 is 0.789 bits per heavy atom. The average Bonchev–Trinajstić information content (AvgIpc) is 2.37. The Labute approximate surface area is 119 Å². The number of ether oxygens (including phenoxy) is 2. The summed E-state index contributed by atoms with van der Waals surface area (Å²) in [5.41, 5.74) is 0. The third kappa shape index (κ3) is 14.1. The first-order chi connectivity index (χ1) is 9.20. The Morgan fingerprint density at radius 3 is 1.63 bits per heavy atom. The van der Waals surface area contributed by atoms with Crippen molar-refractivity contribution >= 4 is 0 Å². The molecular weight excluding hydrogens is 240 g/mol. The molecule has 0 radical (unpaired) electrons. The van der Waals surface area contributed by atoms with Crippen LogP contribution in [-0.2, 0) is 9.47 Å². The molecule has 19 heavy (non-hydrogen) atoms. The van der Waals surface area contributed by atoms with E-state index in [0.717, 1.165) is 26.1 Å². The minimum absolute atomic E-state index is 0.233. The van der Waals surface area contributed by atoms with Crippen LogP contribution in [0.3, 0.4) is 0 Å². The van der Waals surface area contributed by atoms with Crippen LogP contribution >= 0.6 is 0 Å². The van der Waals surface area contributed by atoms with Gasteiger partial charge in [0.1, 0.15) is 0 Å². The number of unbranched alkanes of at least 4 members (excludes halogenated alkanes) is 6. The Balaban J connectivity index is 3.63. The molecule has 0 aromatic rings. The van der Waals surface area contributed by atoms with Crippen LogP contribution in [0.2, 0.25) is 0 Å². The molecule has 116 valence electrons. The number of aliphatic hydroxyl groups is 1. The number of hydrogen-bond acceptors (Lipinski definition) is 3. The first kappa shape index (κ1) is 18.9. The van der Waals surface area contributed by atoms with Gasteiger partial charge >= 0.3 is 0 Å². The van der Waals surface area contributed by atoms with Gasteiger partial charge in [0, 0.05) is 19.6 Å². The summed E-state index contributed by atoms with van der Waals surface area (Å²) in [5.74, 6) is 0. The van der Waals surface area contributed by atoms with Crippen LogP contribution in [0.15, 0.2) is 0 Å². The summed E-state index contributed by atoms with van der Waals surface area (Å²) in [6.45, 7) is 7.68. The summed E-state index contributed by atoms with van der Waals surface area (Å²) in [4.78, 5) is 0. The highest BCUT2D eigenvalue weighted by Crippen LogP contribution is 2.09. The molecule has 1 unspecified atom stereocenters. The molecule has 0 rings (SSSR count). The van der Waals surface area contributed by atoms with Crippen LogP contribution in [0, 0.1) is 0 Å². The lowest BCUT2D eigenvalue weighted by atomic mass is 10.2. The molecular formula is C16H34O3. The van der Waals surface area contributed by atoms with Gasteiger partial charge in [0.15, 0.2) is 6.29 Å². The van der Waals surface area contributed by atoms with Crippen molar-refractivity contribution in [3.63, 3.8) is 0 Å². The minimum atomic E-state index is -0.365. The van der Waals surface area contributed by atoms with Gasteiger partial charge in [0.2, 0.25) is 0 Å². The summed E-state index contributed by atoms with van der Waals surface area (Å²) in [6, 6.07) is 0. The number of rotatable bonds is 14. The Hall–Kier alpha value is -0.120. The summed E-state index contributed by atoms with van der Waals surface area (Å²) < 4.78 is 11.4. The molecule has 0 bridgehead atoms. The fraction of sp³-hybridized carbons (Fsp3) is 1.00. The van der Waals surface area contributed by atoms with Gasteiger partial charge in [-0.05, 0) is 19.8 Å². The van der Waals surface area contributed by atoms with Crippen molar-refractivity contribution in [3.05, 3.63) is 0 Å². The van der Waals surface area contributed by atoms with Crippen LogP contribution < -0.4 is 0 Å². The van der Waals surface area contributed by atoms with E-state index in [1.807, 2.05) is 0 Å². The van der Waals surface area contributed by atoms with Crippen molar-refractivity contribution in [1.82, 2.24) is 0 Å². The zero-order valence-corrected chi connectivity index (χ0v) is 13.2. The van der Waals surface area contributed by atoms with E-state index in [2.05, 4.69) is 13.8 Å². The summed E-state index contributed by atoms with van der Waals surface area (Å²) in [6.07, 6.45) is 9.59. The fourth-order valence-electron chi connectivity index (χ4n) is 1.95. The SMILES string of the molecule is CCCCCCOC(CC(C)O)OCCCCCC. The van der Waals surface area contributed by atoms with E-state index in [-0.39, 0.29) is 12.4 Å². The molecule has 0 aromatic carbocycles. The smallest absolute Gasteiger partial charge is 0.160 e. The van der Waals surface area contributed by atoms with Crippen molar-refractivity contribution in [1.29, 1.82) is 0 Å². The van der Waals surface area contributed by atoms with Crippen LogP contribution in [0.5, 0.6) is 0 Å². The molecule has 0 aromatic heterocycles. The molecule has 0 aliphatic carbocycles. The van der Waals surface area contributed by atoms with E-state index in [9.17, 15) is 5.11 Å². The van der Waals surface area contributed by atoms with Crippen molar-refractivity contribution < 1.29 is 14.6 Å². The van der Waals surface area contributed by atoms with E-state index >= 15 is 0 Å². The molecule has 0 saturated carbocycles. The third-order valence-electron chi connectivity index (χ3n) is 3.14. The molecule has 0 saturated heterocycles. The summed E-state index contributed by atoms with van der Waals surface area (Å²) in [5, 5.41) is 9.44. The first-order valence-electron chi connectivity index (χ1n) is 8.12. The molecule has 0 aliphatic rings. The van der Waals surface area contributed by atoms with Crippen molar-refractivity contribution in [3.8, 4) is 0 Å². The Bertz CT molecular complexity index is 157. The zero-order chi connectivity index (χ0) is 14.3. The van der Waals surface area contributed by atoms with E-state index in [1.165, 1.54) is 38.5 Å². The molecule has 1 atom stereocenters. The van der Waals surface area contributed by atoms with Crippen LogP contribution in [0.4, 0.5) is 0 Å². The van der Waals surface area contributed by atoms with Gasteiger partial charge in [-0.3, -0.25) is 0 Å². The maximum atomic E-state index is 9.44. The van der Waals surface area contributed by atoms with Gasteiger partial charge in [0.25, 0.3) is 0 Å². The lowest BCUT2D eigenvalue weighted by molar-refractivity contribution is -0.158. The van der Waals surface area contributed by atoms with Gasteiger partial charge in [-0.15, -0.1) is 0 Å². The molecule has 0 spiro atoms. The van der Waals surface area contributed by atoms with E-state index in [0.29, 0.717) is 6.42 Å². The highest BCUT2D eigenvalue weighted by atomic mass is 16.7. The van der Waals surface area contributed by atoms with Gasteiger partial charge in [-0.25, -0.2) is 0 Å². The minimum Gasteiger partial charge on any atom is -0.393 e. The lowest BCUT2D eigenvalue weighted by Crippen LogP contribution is -2.23. The number of hydrogen-bond donors (Lipinski definition) is 1. The van der Waals surface area contributed by atoms with Crippen LogP contribution in [0.1, 0.15) is 78.6 Å². The van der Waals surface area contributed by atoms with Crippen molar-refractivity contribution in [2.24, 2.45) is 0 Å². The van der Waals surface area contributed by atoms with E-state index in [4.69, 9.17) is 9.47 Å². The fourth-order valence-corrected chi connectivity index (χ4v) is 1.95. The monoisotopic (exact) mass is 274 g/mol. The maximum absolute atomic E-state index is 9.44. The Morgan fingerprint density at radius 2 is 1.26 bits per heavy atom. The normalized spacial score (nSPS) is 13.1. The lowest BCUT2D eigenvalue weighted by Gasteiger charge is -2.20. The first-order valence-corrected chi connectivity index (χ1v) is 8.12. The van der Waals surface area contributed by atoms with Gasteiger partial charge < -0.3 is 14.6 Å².